The Hall–Kier alpha value is -1.81. The Bertz CT molecular complexity index is 999. The third-order valence-electron chi connectivity index (χ3n) is 6.56. The monoisotopic (exact) mass is 518 g/mol. The predicted octanol–water partition coefficient (Wildman–Crippen LogP) is 4.89. The SMILES string of the molecule is CCCCCCCOC1C[C@@H](OCc2ccccc2)[C@@H]2OC(CS(=O)(=O)c3ccccc3)OC[C@H]2O1. The molecule has 2 saturated heterocycles. The van der Waals surface area contributed by atoms with Gasteiger partial charge in [0, 0.05) is 13.0 Å². The van der Waals surface area contributed by atoms with Crippen LogP contribution in [0.4, 0.5) is 0 Å². The Morgan fingerprint density at radius 2 is 1.61 bits per heavy atom. The minimum atomic E-state index is -3.56. The van der Waals surface area contributed by atoms with E-state index in [2.05, 4.69) is 6.92 Å². The molecular formula is C28H38O7S. The summed E-state index contributed by atoms with van der Waals surface area (Å²) in [5, 5.41) is 0. The van der Waals surface area contributed by atoms with Crippen LogP contribution in [-0.4, -0.2) is 58.3 Å². The molecule has 0 saturated carbocycles. The summed E-state index contributed by atoms with van der Waals surface area (Å²) in [4.78, 5) is 0.253. The standard InChI is InChI=1S/C28H38O7S/c1-2-3-4-5-12-17-31-26-18-24(32-19-22-13-8-6-9-14-22)28-25(34-26)20-33-27(35-28)21-36(29,30)23-15-10-7-11-16-23/h6-11,13-16,24-28H,2-5,12,17-21H2,1H3/t24-,25-,26?,27?,28+/m1/s1. The molecule has 0 radical (unpaired) electrons. The topological polar surface area (TPSA) is 80.3 Å². The first kappa shape index (κ1) is 27.2. The molecular weight excluding hydrogens is 480 g/mol. The van der Waals surface area contributed by atoms with Gasteiger partial charge in [0.2, 0.25) is 0 Å². The van der Waals surface area contributed by atoms with Crippen LogP contribution in [0.25, 0.3) is 0 Å². The molecule has 0 N–H and O–H groups in total. The van der Waals surface area contributed by atoms with Crippen LogP contribution < -0.4 is 0 Å². The molecule has 0 spiro atoms. The number of hydrogen-bond donors (Lipinski definition) is 0. The summed E-state index contributed by atoms with van der Waals surface area (Å²) < 4.78 is 56.2. The Kier molecular flexibility index (Phi) is 10.3. The smallest absolute Gasteiger partial charge is 0.183 e. The van der Waals surface area contributed by atoms with Gasteiger partial charge in [-0.3, -0.25) is 0 Å². The number of ether oxygens (including phenoxy) is 5. The van der Waals surface area contributed by atoms with Gasteiger partial charge in [0.15, 0.2) is 22.4 Å². The van der Waals surface area contributed by atoms with Crippen LogP contribution in [0.3, 0.4) is 0 Å². The minimum absolute atomic E-state index is 0.223. The minimum Gasteiger partial charge on any atom is -0.371 e. The molecule has 2 fully saturated rings. The maximum absolute atomic E-state index is 12.9. The average molecular weight is 519 g/mol. The summed E-state index contributed by atoms with van der Waals surface area (Å²) >= 11 is 0. The van der Waals surface area contributed by atoms with Crippen molar-refractivity contribution in [1.82, 2.24) is 0 Å². The highest BCUT2D eigenvalue weighted by atomic mass is 32.2. The summed E-state index contributed by atoms with van der Waals surface area (Å²) in [6.45, 7) is 3.49. The first-order valence-corrected chi connectivity index (χ1v) is 14.7. The lowest BCUT2D eigenvalue weighted by Crippen LogP contribution is -2.58. The molecule has 2 unspecified atom stereocenters. The number of rotatable bonds is 13. The number of sulfone groups is 1. The fourth-order valence-corrected chi connectivity index (χ4v) is 5.87. The highest BCUT2D eigenvalue weighted by molar-refractivity contribution is 7.91. The van der Waals surface area contributed by atoms with Gasteiger partial charge in [-0.05, 0) is 24.1 Å². The van der Waals surface area contributed by atoms with E-state index < -0.39 is 28.5 Å². The van der Waals surface area contributed by atoms with Crippen LogP contribution >= 0.6 is 0 Å². The second-order valence-electron chi connectivity index (χ2n) is 9.42. The zero-order chi connectivity index (χ0) is 25.2. The number of fused-ring (bicyclic) bond motifs is 1. The molecule has 2 heterocycles. The van der Waals surface area contributed by atoms with Crippen molar-refractivity contribution in [2.45, 2.75) is 87.8 Å². The van der Waals surface area contributed by atoms with E-state index in [-0.39, 0.29) is 29.5 Å². The summed E-state index contributed by atoms with van der Waals surface area (Å²) in [6.07, 6.45) is 3.89. The van der Waals surface area contributed by atoms with Crippen LogP contribution in [0.2, 0.25) is 0 Å². The molecule has 2 aromatic rings. The predicted molar refractivity (Wildman–Crippen MR) is 136 cm³/mol. The first-order chi connectivity index (χ1) is 17.5. The molecule has 5 atom stereocenters. The van der Waals surface area contributed by atoms with Gasteiger partial charge in [0.1, 0.15) is 18.0 Å². The molecule has 2 aliphatic heterocycles. The quantitative estimate of drug-likeness (QED) is 0.349. The molecule has 7 nitrogen and oxygen atoms in total. The van der Waals surface area contributed by atoms with E-state index in [4.69, 9.17) is 23.7 Å². The van der Waals surface area contributed by atoms with Crippen LogP contribution in [-0.2, 0) is 40.1 Å². The van der Waals surface area contributed by atoms with Crippen molar-refractivity contribution in [2.75, 3.05) is 19.0 Å². The lowest BCUT2D eigenvalue weighted by molar-refractivity contribution is -0.335. The first-order valence-electron chi connectivity index (χ1n) is 13.0. The number of hydrogen-bond acceptors (Lipinski definition) is 7. The van der Waals surface area contributed by atoms with Crippen LogP contribution in [0.1, 0.15) is 51.0 Å². The van der Waals surface area contributed by atoms with Crippen molar-refractivity contribution < 1.29 is 32.1 Å². The van der Waals surface area contributed by atoms with E-state index in [1.807, 2.05) is 30.3 Å². The molecule has 8 heteroatoms. The molecule has 2 aliphatic rings. The maximum Gasteiger partial charge on any atom is 0.183 e. The van der Waals surface area contributed by atoms with Gasteiger partial charge in [0.25, 0.3) is 0 Å². The fourth-order valence-electron chi connectivity index (χ4n) is 4.58. The normalized spacial score (nSPS) is 26.4. The van der Waals surface area contributed by atoms with E-state index in [0.29, 0.717) is 19.6 Å². The van der Waals surface area contributed by atoms with Crippen LogP contribution in [0.5, 0.6) is 0 Å². The van der Waals surface area contributed by atoms with E-state index in [9.17, 15) is 8.42 Å². The number of benzene rings is 2. The van der Waals surface area contributed by atoms with E-state index in [1.165, 1.54) is 19.3 Å². The van der Waals surface area contributed by atoms with Gasteiger partial charge in [-0.2, -0.15) is 0 Å². The Labute approximate surface area is 215 Å². The summed E-state index contributed by atoms with van der Waals surface area (Å²) in [6, 6.07) is 18.3. The largest absolute Gasteiger partial charge is 0.371 e. The lowest BCUT2D eigenvalue weighted by atomic mass is 10.0. The Morgan fingerprint density at radius 1 is 0.889 bits per heavy atom. The van der Waals surface area contributed by atoms with Crippen molar-refractivity contribution >= 4 is 9.84 Å². The van der Waals surface area contributed by atoms with Gasteiger partial charge in [-0.15, -0.1) is 0 Å². The zero-order valence-electron chi connectivity index (χ0n) is 21.0. The van der Waals surface area contributed by atoms with Crippen molar-refractivity contribution in [3.63, 3.8) is 0 Å². The van der Waals surface area contributed by atoms with Crippen molar-refractivity contribution in [3.05, 3.63) is 66.2 Å². The summed E-state index contributed by atoms with van der Waals surface area (Å²) in [7, 11) is -3.56. The van der Waals surface area contributed by atoms with Crippen molar-refractivity contribution in [1.29, 1.82) is 0 Å². The molecule has 36 heavy (non-hydrogen) atoms. The van der Waals surface area contributed by atoms with E-state index >= 15 is 0 Å². The average Bonchev–Trinajstić information content (AvgIpc) is 2.90. The highest BCUT2D eigenvalue weighted by Crippen LogP contribution is 2.32. The third-order valence-corrected chi connectivity index (χ3v) is 8.26. The molecule has 0 aromatic heterocycles. The molecule has 0 aliphatic carbocycles. The lowest BCUT2D eigenvalue weighted by Gasteiger charge is -2.45. The second kappa shape index (κ2) is 13.7. The summed E-state index contributed by atoms with van der Waals surface area (Å²) in [5.41, 5.74) is 1.06. The fraction of sp³-hybridized carbons (Fsp3) is 0.571. The molecule has 198 valence electrons. The summed E-state index contributed by atoms with van der Waals surface area (Å²) in [5.74, 6) is -0.261. The Morgan fingerprint density at radius 3 is 2.36 bits per heavy atom. The van der Waals surface area contributed by atoms with Crippen molar-refractivity contribution in [3.8, 4) is 0 Å². The number of unbranched alkanes of at least 4 members (excludes halogenated alkanes) is 4. The molecule has 4 rings (SSSR count). The van der Waals surface area contributed by atoms with Gasteiger partial charge in [0.05, 0.1) is 24.2 Å². The molecule has 2 aromatic carbocycles. The second-order valence-corrected chi connectivity index (χ2v) is 11.5. The van der Waals surface area contributed by atoms with Gasteiger partial charge in [-0.1, -0.05) is 81.1 Å². The van der Waals surface area contributed by atoms with Gasteiger partial charge < -0.3 is 23.7 Å². The Balaban J connectivity index is 1.37. The van der Waals surface area contributed by atoms with Crippen LogP contribution in [0, 0.1) is 0 Å². The molecule has 0 amide bonds. The molecule has 0 bridgehead atoms. The zero-order valence-corrected chi connectivity index (χ0v) is 21.8. The van der Waals surface area contributed by atoms with Crippen molar-refractivity contribution in [2.24, 2.45) is 0 Å². The van der Waals surface area contributed by atoms with Crippen LogP contribution in [0.15, 0.2) is 65.6 Å². The van der Waals surface area contributed by atoms with Gasteiger partial charge >= 0.3 is 0 Å². The van der Waals surface area contributed by atoms with E-state index in [1.54, 1.807) is 30.3 Å². The highest BCUT2D eigenvalue weighted by Gasteiger charge is 2.46. The third kappa shape index (κ3) is 7.84. The van der Waals surface area contributed by atoms with Gasteiger partial charge in [-0.25, -0.2) is 8.42 Å². The maximum atomic E-state index is 12.9. The van der Waals surface area contributed by atoms with E-state index in [0.717, 1.165) is 18.4 Å².